The van der Waals surface area contributed by atoms with Gasteiger partial charge in [-0.25, -0.2) is 19.2 Å². The molecule has 4 rings (SSSR count). The molecule has 0 aliphatic heterocycles. The minimum Gasteiger partial charge on any atom is -0.508 e. The molecule has 4 aromatic rings. The number of carbonyl (C=O) groups excluding carboxylic acids is 3. The molecule has 0 heterocycles. The van der Waals surface area contributed by atoms with Crippen LogP contribution in [0.25, 0.3) is 0 Å². The lowest BCUT2D eigenvalue weighted by atomic mass is 9.93. The van der Waals surface area contributed by atoms with E-state index in [-0.39, 0.29) is 66.6 Å². The highest BCUT2D eigenvalue weighted by atomic mass is 79.9. The van der Waals surface area contributed by atoms with Crippen LogP contribution < -0.4 is 18.9 Å². The lowest BCUT2D eigenvalue weighted by Gasteiger charge is -2.20. The van der Waals surface area contributed by atoms with Gasteiger partial charge in [0.25, 0.3) is 0 Å². The van der Waals surface area contributed by atoms with Crippen molar-refractivity contribution in [2.24, 2.45) is 0 Å². The van der Waals surface area contributed by atoms with Crippen molar-refractivity contribution >= 4 is 39.8 Å². The Hall–Kier alpha value is -5.36. The molecule has 0 spiro atoms. The first-order valence-electron chi connectivity index (χ1n) is 15.7. The first-order chi connectivity index (χ1) is 23.7. The zero-order valence-electron chi connectivity index (χ0n) is 30.2. The van der Waals surface area contributed by atoms with Crippen molar-refractivity contribution in [2.45, 2.75) is 69.2 Å². The third-order valence-electron chi connectivity index (χ3n) is 9.36. The summed E-state index contributed by atoms with van der Waals surface area (Å²) in [6.07, 6.45) is 0. The zero-order valence-corrected chi connectivity index (χ0v) is 31.8. The fraction of sp³-hybridized carbons (Fsp3) is 0.282. The van der Waals surface area contributed by atoms with Crippen LogP contribution in [-0.2, 0) is 0 Å². The van der Waals surface area contributed by atoms with Crippen LogP contribution in [0.4, 0.5) is 0 Å². The summed E-state index contributed by atoms with van der Waals surface area (Å²) in [5, 5.41) is 30.8. The zero-order chi connectivity index (χ0) is 38.4. The van der Waals surface area contributed by atoms with E-state index >= 15 is 0 Å². The summed E-state index contributed by atoms with van der Waals surface area (Å²) in [6.45, 7) is 16.4. The SMILES string of the molecule is COc1cc(O)cc(C)c1C(=O)Oc1c(C)c(O)c(C(=O)Oc2cc(C)c(C(=O)Oc3c(C)c(C)c(C(=O)O)c(C)c3C)c(C)c2C)c(C)c1Br. The lowest BCUT2D eigenvalue weighted by molar-refractivity contribution is 0.0689. The van der Waals surface area contributed by atoms with Crippen LogP contribution in [0.5, 0.6) is 34.5 Å². The smallest absolute Gasteiger partial charge is 0.347 e. The Bertz CT molecular complexity index is 2120. The molecule has 11 nitrogen and oxygen atoms in total. The molecule has 0 aliphatic carbocycles. The van der Waals surface area contributed by atoms with Crippen molar-refractivity contribution < 1.29 is 53.4 Å². The summed E-state index contributed by atoms with van der Waals surface area (Å²) in [4.78, 5) is 52.4. The number of hydrogen-bond donors (Lipinski definition) is 3. The fourth-order valence-electron chi connectivity index (χ4n) is 6.10. The van der Waals surface area contributed by atoms with Gasteiger partial charge in [0, 0.05) is 11.6 Å². The number of aryl methyl sites for hydroxylation is 2. The van der Waals surface area contributed by atoms with Gasteiger partial charge in [0.1, 0.15) is 39.9 Å². The van der Waals surface area contributed by atoms with Gasteiger partial charge >= 0.3 is 23.9 Å². The van der Waals surface area contributed by atoms with Gasteiger partial charge in [-0.15, -0.1) is 0 Å². The van der Waals surface area contributed by atoms with Gasteiger partial charge in [-0.2, -0.15) is 0 Å². The van der Waals surface area contributed by atoms with Crippen molar-refractivity contribution in [2.75, 3.05) is 7.11 Å². The number of phenols is 2. The second kappa shape index (κ2) is 14.5. The first-order valence-corrected chi connectivity index (χ1v) is 16.5. The molecule has 0 fully saturated rings. The predicted molar refractivity (Wildman–Crippen MR) is 193 cm³/mol. The van der Waals surface area contributed by atoms with E-state index in [1.54, 1.807) is 62.3 Å². The van der Waals surface area contributed by atoms with Gasteiger partial charge in [-0.1, -0.05) is 0 Å². The van der Waals surface area contributed by atoms with Gasteiger partial charge in [-0.3, -0.25) is 0 Å². The Morgan fingerprint density at radius 2 is 1.02 bits per heavy atom. The van der Waals surface area contributed by atoms with Gasteiger partial charge < -0.3 is 34.3 Å². The fourth-order valence-corrected chi connectivity index (χ4v) is 6.68. The standard InChI is InChI=1S/C39H39BrO11/c1-15-12-25(41)14-27(48-11)29(15)38(46)51-35-24(10)33(42)31(23(9)32(35)40)39(47)49-26-13-16(2)28(18(4)17(26)3)37(45)50-34-21(7)19(5)30(36(43)44)20(6)22(34)8/h12-14,41-42H,1-11H3,(H,43,44). The number of hydrogen-bond acceptors (Lipinski definition) is 10. The minimum absolute atomic E-state index is 0.0275. The van der Waals surface area contributed by atoms with Crippen molar-refractivity contribution in [1.82, 2.24) is 0 Å². The number of methoxy groups -OCH3 is 1. The average molecular weight is 764 g/mol. The highest BCUT2D eigenvalue weighted by molar-refractivity contribution is 9.10. The molecule has 0 atom stereocenters. The third-order valence-corrected chi connectivity index (χ3v) is 10.3. The molecule has 0 unspecified atom stereocenters. The maximum absolute atomic E-state index is 13.6. The van der Waals surface area contributed by atoms with Gasteiger partial charge in [0.05, 0.1) is 22.7 Å². The van der Waals surface area contributed by atoms with Crippen molar-refractivity contribution in [3.63, 3.8) is 0 Å². The van der Waals surface area contributed by atoms with E-state index in [9.17, 15) is 34.5 Å². The molecule has 0 amide bonds. The van der Waals surface area contributed by atoms with Crippen LogP contribution in [0.2, 0.25) is 0 Å². The Morgan fingerprint density at radius 3 is 1.57 bits per heavy atom. The van der Waals surface area contributed by atoms with Gasteiger partial charge in [-0.05, 0) is 147 Å². The van der Waals surface area contributed by atoms with E-state index in [1.807, 2.05) is 0 Å². The van der Waals surface area contributed by atoms with E-state index < -0.39 is 29.6 Å². The van der Waals surface area contributed by atoms with Crippen LogP contribution in [0.3, 0.4) is 0 Å². The molecule has 12 heteroatoms. The van der Waals surface area contributed by atoms with Crippen molar-refractivity contribution in [3.8, 4) is 34.5 Å². The maximum Gasteiger partial charge on any atom is 0.347 e. The summed E-state index contributed by atoms with van der Waals surface area (Å²) in [5.74, 6) is -3.48. The summed E-state index contributed by atoms with van der Waals surface area (Å²) in [7, 11) is 1.35. The van der Waals surface area contributed by atoms with E-state index in [4.69, 9.17) is 18.9 Å². The number of carboxylic acid groups (broad SMARTS) is 1. The second-order valence-corrected chi connectivity index (χ2v) is 13.2. The van der Waals surface area contributed by atoms with E-state index in [0.29, 0.717) is 44.5 Å². The summed E-state index contributed by atoms with van der Waals surface area (Å²) in [6, 6.07) is 4.19. The van der Waals surface area contributed by atoms with Crippen molar-refractivity contribution in [1.29, 1.82) is 0 Å². The number of esters is 3. The quantitative estimate of drug-likeness (QED) is 0.117. The van der Waals surface area contributed by atoms with Crippen LogP contribution in [0.15, 0.2) is 22.7 Å². The number of halogens is 1. The number of rotatable bonds is 8. The molecular weight excluding hydrogens is 724 g/mol. The third kappa shape index (κ3) is 6.88. The Labute approximate surface area is 303 Å². The molecular formula is C39H39BrO11. The van der Waals surface area contributed by atoms with E-state index in [1.165, 1.54) is 32.2 Å². The average Bonchev–Trinajstić information content (AvgIpc) is 3.05. The molecule has 0 bridgehead atoms. The topological polar surface area (TPSA) is 166 Å². The van der Waals surface area contributed by atoms with Gasteiger partial charge in [0.15, 0.2) is 5.75 Å². The molecule has 3 N–H and O–H groups in total. The number of carboxylic acids is 1. The largest absolute Gasteiger partial charge is 0.508 e. The predicted octanol–water partition coefficient (Wildman–Crippen LogP) is 8.31. The summed E-state index contributed by atoms with van der Waals surface area (Å²) < 4.78 is 22.8. The maximum atomic E-state index is 13.6. The van der Waals surface area contributed by atoms with E-state index in [2.05, 4.69) is 15.9 Å². The van der Waals surface area contributed by atoms with Crippen LogP contribution in [-0.4, -0.2) is 46.3 Å². The number of aromatic hydroxyl groups is 2. The second-order valence-electron chi connectivity index (χ2n) is 12.5. The number of aromatic carboxylic acids is 1. The normalized spacial score (nSPS) is 10.9. The molecule has 4 aromatic carbocycles. The Kier molecular flexibility index (Phi) is 10.9. The Balaban J connectivity index is 1.66. The van der Waals surface area contributed by atoms with Gasteiger partial charge in [0.2, 0.25) is 0 Å². The van der Waals surface area contributed by atoms with Crippen LogP contribution in [0.1, 0.15) is 97.1 Å². The molecule has 0 aromatic heterocycles. The minimum atomic E-state index is -1.06. The first kappa shape index (κ1) is 38.4. The highest BCUT2D eigenvalue weighted by Crippen LogP contribution is 2.43. The number of carbonyl (C=O) groups is 4. The number of phenolic OH excluding ortho intramolecular Hbond substituents is 2. The molecule has 51 heavy (non-hydrogen) atoms. The van der Waals surface area contributed by atoms with Crippen LogP contribution in [0, 0.1) is 69.2 Å². The number of benzene rings is 4. The molecule has 0 saturated carbocycles. The molecule has 0 radical (unpaired) electrons. The van der Waals surface area contributed by atoms with Crippen molar-refractivity contribution in [3.05, 3.63) is 101 Å². The summed E-state index contributed by atoms with van der Waals surface area (Å²) in [5.41, 5.74) is 4.54. The lowest BCUT2D eigenvalue weighted by Crippen LogP contribution is -2.18. The number of ether oxygens (including phenoxy) is 4. The molecule has 268 valence electrons. The van der Waals surface area contributed by atoms with Crippen LogP contribution >= 0.6 is 15.9 Å². The monoisotopic (exact) mass is 762 g/mol. The highest BCUT2D eigenvalue weighted by Gasteiger charge is 2.30. The Morgan fingerprint density at radius 1 is 0.529 bits per heavy atom. The molecule has 0 saturated heterocycles. The molecule has 0 aliphatic rings. The summed E-state index contributed by atoms with van der Waals surface area (Å²) >= 11 is 3.41. The van der Waals surface area contributed by atoms with E-state index in [0.717, 1.165) is 0 Å².